The van der Waals surface area contributed by atoms with Gasteiger partial charge in [-0.15, -0.1) is 11.8 Å². The van der Waals surface area contributed by atoms with Gasteiger partial charge in [0.25, 0.3) is 0 Å². The molecule has 4 atom stereocenters. The van der Waals surface area contributed by atoms with E-state index in [0.717, 1.165) is 0 Å². The average Bonchev–Trinajstić information content (AvgIpc) is 3.07. The van der Waals surface area contributed by atoms with Gasteiger partial charge in [-0.25, -0.2) is 15.0 Å². The molecule has 0 aromatic carbocycles. The molecular formula is C12H17N5O4S. The Morgan fingerprint density at radius 1 is 1.45 bits per heavy atom. The number of aromatic nitrogens is 4. The highest BCUT2D eigenvalue weighted by molar-refractivity contribution is 7.98. The van der Waals surface area contributed by atoms with Crippen molar-refractivity contribution >= 4 is 28.7 Å². The predicted octanol–water partition coefficient (Wildman–Crippen LogP) is -0.635. The fourth-order valence-corrected chi connectivity index (χ4v) is 2.77. The molecule has 1 aliphatic rings. The van der Waals surface area contributed by atoms with Crippen LogP contribution in [0.5, 0.6) is 0 Å². The minimum atomic E-state index is -0.946. The highest BCUT2D eigenvalue weighted by Crippen LogP contribution is 2.34. The summed E-state index contributed by atoms with van der Waals surface area (Å²) in [6, 6.07) is 0. The number of thioether (sulfide) groups is 1. The lowest BCUT2D eigenvalue weighted by molar-refractivity contribution is -0.0607. The van der Waals surface area contributed by atoms with Crippen LogP contribution >= 0.6 is 11.8 Å². The monoisotopic (exact) mass is 327 g/mol. The first-order valence-electron chi connectivity index (χ1n) is 6.65. The fraction of sp³-hybridized carbons (Fsp3) is 0.583. The number of anilines is 1. The number of nitrogen functional groups attached to an aromatic ring is 1. The molecule has 120 valence electrons. The summed E-state index contributed by atoms with van der Waals surface area (Å²) >= 11 is 1.48. The molecular weight excluding hydrogens is 310 g/mol. The zero-order chi connectivity index (χ0) is 15.7. The Bertz CT molecular complexity index is 653. The fourth-order valence-electron chi connectivity index (χ4n) is 2.48. The summed E-state index contributed by atoms with van der Waals surface area (Å²) in [5.41, 5.74) is 6.71. The van der Waals surface area contributed by atoms with Crippen LogP contribution in [-0.2, 0) is 9.47 Å². The maximum Gasteiger partial charge on any atom is 0.167 e. The Morgan fingerprint density at radius 2 is 2.27 bits per heavy atom. The largest absolute Gasteiger partial charge is 0.394 e. The zero-order valence-corrected chi connectivity index (χ0v) is 12.7. The van der Waals surface area contributed by atoms with Crippen molar-refractivity contribution < 1.29 is 19.7 Å². The molecule has 4 N–H and O–H groups in total. The van der Waals surface area contributed by atoms with Crippen LogP contribution in [0.4, 0.5) is 5.82 Å². The van der Waals surface area contributed by atoms with Gasteiger partial charge in [0.1, 0.15) is 30.2 Å². The number of fused-ring (bicyclic) bond motifs is 1. The number of hydrogen-bond acceptors (Lipinski definition) is 9. The van der Waals surface area contributed by atoms with Gasteiger partial charge in [-0.05, 0) is 6.26 Å². The molecule has 1 fully saturated rings. The van der Waals surface area contributed by atoms with Crippen LogP contribution in [0.3, 0.4) is 0 Å². The molecule has 0 saturated carbocycles. The normalized spacial score (nSPS) is 28.5. The molecule has 3 heterocycles. The van der Waals surface area contributed by atoms with E-state index in [9.17, 15) is 10.2 Å². The third-order valence-corrected chi connectivity index (χ3v) is 3.90. The van der Waals surface area contributed by atoms with Crippen LogP contribution in [0, 0.1) is 0 Å². The Morgan fingerprint density at radius 3 is 3.00 bits per heavy atom. The van der Waals surface area contributed by atoms with Crippen LogP contribution in [0.25, 0.3) is 11.2 Å². The summed E-state index contributed by atoms with van der Waals surface area (Å²) in [5.74, 6) is 0.659. The van der Waals surface area contributed by atoms with Crippen molar-refractivity contribution in [2.45, 2.75) is 24.5 Å². The highest BCUT2D eigenvalue weighted by atomic mass is 32.2. The van der Waals surface area contributed by atoms with Gasteiger partial charge in [0.2, 0.25) is 0 Å². The van der Waals surface area contributed by atoms with E-state index in [0.29, 0.717) is 17.1 Å². The molecule has 1 saturated heterocycles. The van der Waals surface area contributed by atoms with E-state index >= 15 is 0 Å². The van der Waals surface area contributed by atoms with Gasteiger partial charge in [-0.1, -0.05) is 0 Å². The van der Waals surface area contributed by atoms with Crippen LogP contribution in [0.15, 0.2) is 12.7 Å². The lowest BCUT2D eigenvalue weighted by Crippen LogP contribution is -2.35. The van der Waals surface area contributed by atoms with Gasteiger partial charge in [-0.3, -0.25) is 4.57 Å². The van der Waals surface area contributed by atoms with Crippen molar-refractivity contribution in [1.82, 2.24) is 19.5 Å². The molecule has 0 spiro atoms. The molecule has 10 heteroatoms. The van der Waals surface area contributed by atoms with Gasteiger partial charge in [-0.2, -0.15) is 0 Å². The number of nitrogens with two attached hydrogens (primary N) is 1. The smallest absolute Gasteiger partial charge is 0.167 e. The number of aliphatic hydroxyl groups is 2. The SMILES string of the molecule is CSCOC1C(O)[C@@H](CO)O[C@H]1n1cnc2c(N)ncnc21. The molecule has 0 bridgehead atoms. The number of nitrogens with zero attached hydrogens (tertiary/aromatic N) is 4. The van der Waals surface area contributed by atoms with Gasteiger partial charge in [0, 0.05) is 0 Å². The van der Waals surface area contributed by atoms with Crippen LogP contribution in [-0.4, -0.2) is 66.8 Å². The quantitative estimate of drug-likeness (QED) is 0.614. The second-order valence-corrected chi connectivity index (χ2v) is 5.67. The van der Waals surface area contributed by atoms with Gasteiger partial charge >= 0.3 is 0 Å². The summed E-state index contributed by atoms with van der Waals surface area (Å²) in [7, 11) is 0. The maximum atomic E-state index is 10.3. The molecule has 9 nitrogen and oxygen atoms in total. The van der Waals surface area contributed by atoms with E-state index in [1.165, 1.54) is 24.4 Å². The highest BCUT2D eigenvalue weighted by Gasteiger charge is 2.45. The molecule has 1 aliphatic heterocycles. The summed E-state index contributed by atoms with van der Waals surface area (Å²) in [6.07, 6.45) is 1.77. The Balaban J connectivity index is 1.97. The molecule has 2 aromatic heterocycles. The number of aliphatic hydroxyl groups excluding tert-OH is 2. The number of imidazole rings is 1. The Labute approximate surface area is 130 Å². The lowest BCUT2D eigenvalue weighted by atomic mass is 10.1. The van der Waals surface area contributed by atoms with Crippen LogP contribution in [0.2, 0.25) is 0 Å². The minimum Gasteiger partial charge on any atom is -0.394 e. The van der Waals surface area contributed by atoms with E-state index in [1.807, 2.05) is 6.26 Å². The molecule has 3 rings (SSSR count). The molecule has 22 heavy (non-hydrogen) atoms. The van der Waals surface area contributed by atoms with Crippen molar-refractivity contribution in [1.29, 1.82) is 0 Å². The summed E-state index contributed by atoms with van der Waals surface area (Å²) in [6.45, 7) is -0.305. The van der Waals surface area contributed by atoms with E-state index < -0.39 is 24.5 Å². The molecule has 2 aromatic rings. The number of ether oxygens (including phenoxy) is 2. The second-order valence-electron chi connectivity index (χ2n) is 4.86. The summed E-state index contributed by atoms with van der Waals surface area (Å²) in [4.78, 5) is 12.2. The first-order valence-corrected chi connectivity index (χ1v) is 8.04. The van der Waals surface area contributed by atoms with Crippen molar-refractivity contribution in [2.24, 2.45) is 0 Å². The third-order valence-electron chi connectivity index (χ3n) is 3.53. The maximum absolute atomic E-state index is 10.3. The standard InChI is InChI=1S/C12H17N5O4S/c1-22-5-20-9-8(19)6(2-18)21-12(9)17-4-16-7-10(13)14-3-15-11(7)17/h3-4,6,8-9,12,18-19H,2,5H2,1H3,(H2,13,14,15)/t6-,8?,9?,12-/m1/s1. The van der Waals surface area contributed by atoms with Crippen molar-refractivity contribution in [2.75, 3.05) is 24.5 Å². The Kier molecular flexibility index (Phi) is 4.45. The topological polar surface area (TPSA) is 129 Å². The predicted molar refractivity (Wildman–Crippen MR) is 80.0 cm³/mol. The first-order chi connectivity index (χ1) is 10.7. The number of rotatable bonds is 5. The van der Waals surface area contributed by atoms with Gasteiger partial charge in [0.05, 0.1) is 18.9 Å². The molecule has 0 amide bonds. The second kappa shape index (κ2) is 6.34. The summed E-state index contributed by atoms with van der Waals surface area (Å²) < 4.78 is 13.0. The minimum absolute atomic E-state index is 0.266. The molecule has 0 radical (unpaired) electrons. The summed E-state index contributed by atoms with van der Waals surface area (Å²) in [5, 5.41) is 19.6. The molecule has 0 aliphatic carbocycles. The molecule has 2 unspecified atom stereocenters. The van der Waals surface area contributed by atoms with Crippen molar-refractivity contribution in [3.63, 3.8) is 0 Å². The van der Waals surface area contributed by atoms with E-state index in [2.05, 4.69) is 15.0 Å². The van der Waals surface area contributed by atoms with Crippen LogP contribution in [0.1, 0.15) is 6.23 Å². The van der Waals surface area contributed by atoms with E-state index in [1.54, 1.807) is 4.57 Å². The average molecular weight is 327 g/mol. The Hall–Kier alpha value is -1.46. The number of hydrogen-bond donors (Lipinski definition) is 3. The van der Waals surface area contributed by atoms with Gasteiger partial charge < -0.3 is 25.4 Å². The van der Waals surface area contributed by atoms with Crippen molar-refractivity contribution in [3.8, 4) is 0 Å². The van der Waals surface area contributed by atoms with Crippen molar-refractivity contribution in [3.05, 3.63) is 12.7 Å². The third kappa shape index (κ3) is 2.52. The van der Waals surface area contributed by atoms with E-state index in [4.69, 9.17) is 15.2 Å². The van der Waals surface area contributed by atoms with Gasteiger partial charge in [0.15, 0.2) is 17.7 Å². The first kappa shape index (κ1) is 15.4. The van der Waals surface area contributed by atoms with Crippen LogP contribution < -0.4 is 5.73 Å². The zero-order valence-electron chi connectivity index (χ0n) is 11.9. The lowest BCUT2D eigenvalue weighted by Gasteiger charge is -2.21. The van der Waals surface area contributed by atoms with E-state index in [-0.39, 0.29) is 12.4 Å².